The Hall–Kier alpha value is -2.29. The summed E-state index contributed by atoms with van der Waals surface area (Å²) in [5.41, 5.74) is 4.70. The molecule has 0 atom stereocenters. The van der Waals surface area contributed by atoms with E-state index < -0.39 is 0 Å². The fourth-order valence-electron chi connectivity index (χ4n) is 2.49. The lowest BCUT2D eigenvalue weighted by atomic mass is 9.94. The summed E-state index contributed by atoms with van der Waals surface area (Å²) in [7, 11) is 1.64. The second-order valence-corrected chi connectivity index (χ2v) is 5.65. The molecular formula is C19H22O3. The Kier molecular flexibility index (Phi) is 4.55. The average Bonchev–Trinajstić information content (AvgIpc) is 2.83. The molecule has 1 aromatic heterocycles. The topological polar surface area (TPSA) is 39.4 Å². The summed E-state index contributed by atoms with van der Waals surface area (Å²) in [5, 5.41) is 0. The van der Waals surface area contributed by atoms with Crippen molar-refractivity contribution < 1.29 is 13.9 Å². The molecule has 0 aliphatic carbocycles. The van der Waals surface area contributed by atoms with Crippen LogP contribution in [0.4, 0.5) is 0 Å². The molecule has 0 aliphatic rings. The highest BCUT2D eigenvalue weighted by atomic mass is 16.5. The Labute approximate surface area is 131 Å². The van der Waals surface area contributed by atoms with E-state index >= 15 is 0 Å². The second-order valence-electron chi connectivity index (χ2n) is 5.65. The van der Waals surface area contributed by atoms with Gasteiger partial charge in [0.2, 0.25) is 0 Å². The quantitative estimate of drug-likeness (QED) is 0.721. The van der Waals surface area contributed by atoms with Gasteiger partial charge in [-0.3, -0.25) is 4.79 Å². The second kappa shape index (κ2) is 6.22. The van der Waals surface area contributed by atoms with E-state index in [-0.39, 0.29) is 5.78 Å². The molecule has 0 aliphatic heterocycles. The predicted molar refractivity (Wildman–Crippen MR) is 89.4 cm³/mol. The number of rotatable bonds is 4. The Morgan fingerprint density at radius 1 is 1.05 bits per heavy atom. The fraction of sp³-hybridized carbons (Fsp3) is 0.316. The van der Waals surface area contributed by atoms with Crippen molar-refractivity contribution in [1.29, 1.82) is 0 Å². The number of carbonyl (C=O) groups is 1. The number of benzene rings is 1. The largest absolute Gasteiger partial charge is 0.497 e. The number of allylic oxidation sites excluding steroid dienone is 2. The molecule has 0 amide bonds. The summed E-state index contributed by atoms with van der Waals surface area (Å²) in [6.07, 6.45) is 0. The third kappa shape index (κ3) is 2.84. The first-order chi connectivity index (χ1) is 10.4. The van der Waals surface area contributed by atoms with Crippen LogP contribution in [0.1, 0.15) is 49.6 Å². The first kappa shape index (κ1) is 16.1. The summed E-state index contributed by atoms with van der Waals surface area (Å²) < 4.78 is 11.1. The van der Waals surface area contributed by atoms with E-state index in [0.717, 1.165) is 28.2 Å². The molecule has 1 aromatic carbocycles. The van der Waals surface area contributed by atoms with Gasteiger partial charge in [0.05, 0.1) is 12.7 Å². The molecule has 0 unspecified atom stereocenters. The maximum Gasteiger partial charge on any atom is 0.163 e. The SMILES string of the molecule is COc1ccc(-c2c(C(C)=C(C)C)oc(C)c2C(C)=O)cc1. The number of aryl methyl sites for hydroxylation is 1. The molecular weight excluding hydrogens is 276 g/mol. The van der Waals surface area contributed by atoms with Gasteiger partial charge in [-0.25, -0.2) is 0 Å². The van der Waals surface area contributed by atoms with Crippen LogP contribution in [0.5, 0.6) is 5.75 Å². The molecule has 3 heteroatoms. The maximum atomic E-state index is 12.1. The highest BCUT2D eigenvalue weighted by Crippen LogP contribution is 2.38. The molecule has 22 heavy (non-hydrogen) atoms. The van der Waals surface area contributed by atoms with Gasteiger partial charge >= 0.3 is 0 Å². The van der Waals surface area contributed by atoms with Gasteiger partial charge in [-0.2, -0.15) is 0 Å². The van der Waals surface area contributed by atoms with Crippen molar-refractivity contribution in [2.75, 3.05) is 7.11 Å². The van der Waals surface area contributed by atoms with Crippen molar-refractivity contribution in [3.63, 3.8) is 0 Å². The molecule has 2 rings (SSSR count). The lowest BCUT2D eigenvalue weighted by Gasteiger charge is -2.08. The summed E-state index contributed by atoms with van der Waals surface area (Å²) in [6.45, 7) is 9.51. The van der Waals surface area contributed by atoms with Gasteiger partial charge in [-0.05, 0) is 57.9 Å². The van der Waals surface area contributed by atoms with E-state index in [1.165, 1.54) is 5.57 Å². The zero-order chi connectivity index (χ0) is 16.4. The van der Waals surface area contributed by atoms with E-state index in [2.05, 4.69) is 0 Å². The molecule has 2 aromatic rings. The average molecular weight is 298 g/mol. The van der Waals surface area contributed by atoms with Gasteiger partial charge < -0.3 is 9.15 Å². The molecule has 0 bridgehead atoms. The van der Waals surface area contributed by atoms with Gasteiger partial charge in [0.15, 0.2) is 5.78 Å². The fourth-order valence-corrected chi connectivity index (χ4v) is 2.49. The number of ether oxygens (including phenoxy) is 1. The van der Waals surface area contributed by atoms with Crippen LogP contribution >= 0.6 is 0 Å². The molecule has 1 heterocycles. The number of furan rings is 1. The van der Waals surface area contributed by atoms with Crippen LogP contribution in [0.25, 0.3) is 16.7 Å². The summed E-state index contributed by atoms with van der Waals surface area (Å²) in [5.74, 6) is 2.23. The lowest BCUT2D eigenvalue weighted by molar-refractivity contribution is 0.101. The molecule has 0 fully saturated rings. The van der Waals surface area contributed by atoms with E-state index in [1.54, 1.807) is 14.0 Å². The molecule has 116 valence electrons. The molecule has 0 radical (unpaired) electrons. The minimum absolute atomic E-state index is 0.0138. The minimum Gasteiger partial charge on any atom is -0.497 e. The van der Waals surface area contributed by atoms with E-state index in [0.29, 0.717) is 11.3 Å². The summed E-state index contributed by atoms with van der Waals surface area (Å²) >= 11 is 0. The Balaban J connectivity index is 2.75. The number of Topliss-reactive ketones (excluding diaryl/α,β-unsaturated/α-hetero) is 1. The number of hydrogen-bond acceptors (Lipinski definition) is 3. The van der Waals surface area contributed by atoms with E-state index in [9.17, 15) is 4.79 Å². The van der Waals surface area contributed by atoms with Crippen molar-refractivity contribution >= 4 is 11.4 Å². The maximum absolute atomic E-state index is 12.1. The summed E-state index contributed by atoms with van der Waals surface area (Å²) in [4.78, 5) is 12.1. The number of hydrogen-bond donors (Lipinski definition) is 0. The van der Waals surface area contributed by atoms with E-state index in [4.69, 9.17) is 9.15 Å². The number of carbonyl (C=O) groups excluding carboxylic acids is 1. The van der Waals surface area contributed by atoms with Crippen LogP contribution in [-0.4, -0.2) is 12.9 Å². The molecule has 0 N–H and O–H groups in total. The van der Waals surface area contributed by atoms with Gasteiger partial charge in [0.1, 0.15) is 17.3 Å². The zero-order valence-corrected chi connectivity index (χ0v) is 14.0. The van der Waals surface area contributed by atoms with Crippen molar-refractivity contribution in [3.05, 3.63) is 46.9 Å². The highest BCUT2D eigenvalue weighted by molar-refractivity contribution is 6.04. The first-order valence-corrected chi connectivity index (χ1v) is 7.30. The van der Waals surface area contributed by atoms with Crippen molar-refractivity contribution in [1.82, 2.24) is 0 Å². The molecule has 0 spiro atoms. The Morgan fingerprint density at radius 2 is 1.64 bits per heavy atom. The van der Waals surface area contributed by atoms with Gasteiger partial charge in [0.25, 0.3) is 0 Å². The van der Waals surface area contributed by atoms with Crippen molar-refractivity contribution in [3.8, 4) is 16.9 Å². The van der Waals surface area contributed by atoms with E-state index in [1.807, 2.05) is 52.0 Å². The van der Waals surface area contributed by atoms with Crippen LogP contribution in [0, 0.1) is 6.92 Å². The standard InChI is InChI=1S/C19H22O3/c1-11(2)12(3)19-18(17(13(4)20)14(5)22-19)15-7-9-16(21-6)10-8-15/h7-10H,1-6H3. The third-order valence-corrected chi connectivity index (χ3v) is 3.91. The smallest absolute Gasteiger partial charge is 0.163 e. The summed E-state index contributed by atoms with van der Waals surface area (Å²) in [6, 6.07) is 7.70. The number of methoxy groups -OCH3 is 1. The van der Waals surface area contributed by atoms with Crippen LogP contribution in [0.3, 0.4) is 0 Å². The molecule has 3 nitrogen and oxygen atoms in total. The third-order valence-electron chi connectivity index (χ3n) is 3.91. The Morgan fingerprint density at radius 3 is 2.09 bits per heavy atom. The Bertz CT molecular complexity index is 727. The molecule has 0 saturated heterocycles. The minimum atomic E-state index is 0.0138. The zero-order valence-electron chi connectivity index (χ0n) is 14.0. The lowest BCUT2D eigenvalue weighted by Crippen LogP contribution is -1.96. The van der Waals surface area contributed by atoms with Gasteiger partial charge in [0, 0.05) is 5.56 Å². The first-order valence-electron chi connectivity index (χ1n) is 7.30. The van der Waals surface area contributed by atoms with Crippen LogP contribution in [0.15, 0.2) is 34.3 Å². The van der Waals surface area contributed by atoms with Crippen LogP contribution < -0.4 is 4.74 Å². The van der Waals surface area contributed by atoms with Crippen LogP contribution in [-0.2, 0) is 0 Å². The number of ketones is 1. The van der Waals surface area contributed by atoms with Gasteiger partial charge in [-0.15, -0.1) is 0 Å². The molecule has 0 saturated carbocycles. The predicted octanol–water partition coefficient (Wildman–Crippen LogP) is 5.28. The normalized spacial score (nSPS) is 10.5. The highest BCUT2D eigenvalue weighted by Gasteiger charge is 2.23. The van der Waals surface area contributed by atoms with Crippen LogP contribution in [0.2, 0.25) is 0 Å². The van der Waals surface area contributed by atoms with Crippen molar-refractivity contribution in [2.24, 2.45) is 0 Å². The monoisotopic (exact) mass is 298 g/mol. The van der Waals surface area contributed by atoms with Gasteiger partial charge in [-0.1, -0.05) is 17.7 Å². The van der Waals surface area contributed by atoms with Crippen molar-refractivity contribution in [2.45, 2.75) is 34.6 Å².